The molecule has 5 rings (SSSR count). The molecule has 1 aromatic carbocycles. The molecule has 32 heavy (non-hydrogen) atoms. The van der Waals surface area contributed by atoms with E-state index in [9.17, 15) is 8.78 Å². The average Bonchev–Trinajstić information content (AvgIpc) is 3.20. The summed E-state index contributed by atoms with van der Waals surface area (Å²) in [6.07, 6.45) is 1.18. The van der Waals surface area contributed by atoms with Gasteiger partial charge in [0.15, 0.2) is 5.82 Å². The van der Waals surface area contributed by atoms with Crippen LogP contribution in [0.25, 0.3) is 16.9 Å². The maximum absolute atomic E-state index is 13.9. The van der Waals surface area contributed by atoms with Crippen molar-refractivity contribution in [1.82, 2.24) is 19.5 Å². The van der Waals surface area contributed by atoms with Crippen LogP contribution in [0.15, 0.2) is 30.3 Å². The summed E-state index contributed by atoms with van der Waals surface area (Å²) in [5.74, 6) is 1.14. The third kappa shape index (κ3) is 4.24. The Bertz CT molecular complexity index is 1080. The summed E-state index contributed by atoms with van der Waals surface area (Å²) in [6.45, 7) is 2.43. The van der Waals surface area contributed by atoms with E-state index in [4.69, 9.17) is 15.5 Å². The fraction of sp³-hybridized carbons (Fsp3) is 0.500. The van der Waals surface area contributed by atoms with E-state index in [2.05, 4.69) is 15.3 Å². The van der Waals surface area contributed by atoms with Crippen molar-refractivity contribution in [2.24, 2.45) is 5.73 Å². The third-order valence-electron chi connectivity index (χ3n) is 6.07. The quantitative estimate of drug-likeness (QED) is 0.625. The number of aromatic nitrogens is 4. The highest BCUT2D eigenvalue weighted by atomic mass is 19.3. The average molecular weight is 444 g/mol. The summed E-state index contributed by atoms with van der Waals surface area (Å²) < 4.78 is 34.8. The number of halogens is 2. The molecule has 0 spiro atoms. The number of alkyl halides is 2. The molecular formula is C22H27F2N7O. The maximum Gasteiger partial charge on any atom is 0.296 e. The van der Waals surface area contributed by atoms with Crippen LogP contribution in [0.5, 0.6) is 0 Å². The Morgan fingerprint density at radius 2 is 1.91 bits per heavy atom. The molecule has 2 aromatic heterocycles. The first kappa shape index (κ1) is 21.0. The van der Waals surface area contributed by atoms with E-state index in [1.807, 2.05) is 11.0 Å². The molecule has 3 N–H and O–H groups in total. The number of para-hydroxylation sites is 2. The normalized spacial score (nSPS) is 21.9. The first-order chi connectivity index (χ1) is 15.6. The summed E-state index contributed by atoms with van der Waals surface area (Å²) >= 11 is 0. The van der Waals surface area contributed by atoms with Crippen molar-refractivity contribution in [3.8, 4) is 5.82 Å². The molecule has 3 heterocycles. The van der Waals surface area contributed by atoms with Gasteiger partial charge in [0.25, 0.3) is 6.43 Å². The van der Waals surface area contributed by atoms with Crippen molar-refractivity contribution in [3.63, 3.8) is 0 Å². The molecule has 0 amide bonds. The van der Waals surface area contributed by atoms with Crippen molar-refractivity contribution in [2.45, 2.75) is 44.2 Å². The highest BCUT2D eigenvalue weighted by Crippen LogP contribution is 2.30. The van der Waals surface area contributed by atoms with E-state index in [1.54, 1.807) is 24.3 Å². The topological polar surface area (TPSA) is 94.1 Å². The SMILES string of the molecule is N[C@H]1CCC[C@H](Nc2cc(-n3c(C(F)F)nc4ccccc43)nc(N3CCOCC3)n2)C1. The minimum Gasteiger partial charge on any atom is -0.378 e. The fourth-order valence-electron chi connectivity index (χ4n) is 4.51. The van der Waals surface area contributed by atoms with Crippen LogP contribution in [0.1, 0.15) is 37.9 Å². The van der Waals surface area contributed by atoms with Crippen molar-refractivity contribution < 1.29 is 13.5 Å². The Labute approximate surface area is 184 Å². The molecule has 0 bridgehead atoms. The van der Waals surface area contributed by atoms with Crippen LogP contribution in [-0.4, -0.2) is 57.9 Å². The zero-order chi connectivity index (χ0) is 22.1. The first-order valence-corrected chi connectivity index (χ1v) is 11.1. The van der Waals surface area contributed by atoms with Gasteiger partial charge >= 0.3 is 0 Å². The second kappa shape index (κ2) is 8.95. The number of fused-ring (bicyclic) bond motifs is 1. The monoisotopic (exact) mass is 443 g/mol. The molecule has 1 saturated carbocycles. The third-order valence-corrected chi connectivity index (χ3v) is 6.07. The number of morpholine rings is 1. The van der Waals surface area contributed by atoms with Crippen LogP contribution in [0.4, 0.5) is 20.5 Å². The molecule has 1 aliphatic carbocycles. The van der Waals surface area contributed by atoms with Crippen molar-refractivity contribution in [2.75, 3.05) is 36.5 Å². The van der Waals surface area contributed by atoms with Gasteiger partial charge < -0.3 is 20.7 Å². The predicted molar refractivity (Wildman–Crippen MR) is 119 cm³/mol. The van der Waals surface area contributed by atoms with Gasteiger partial charge in [0, 0.05) is 31.2 Å². The lowest BCUT2D eigenvalue weighted by molar-refractivity contribution is 0.122. The summed E-state index contributed by atoms with van der Waals surface area (Å²) in [4.78, 5) is 15.6. The molecule has 10 heteroatoms. The fourth-order valence-corrected chi connectivity index (χ4v) is 4.51. The highest BCUT2D eigenvalue weighted by Gasteiger charge is 2.25. The molecule has 1 saturated heterocycles. The number of nitrogens with two attached hydrogens (primary N) is 1. The standard InChI is InChI=1S/C22H27F2N7O/c23-20(24)21-27-16-6-1-2-7-17(16)31(21)19-13-18(26-15-5-3-4-14(25)12-15)28-22(29-19)30-8-10-32-11-9-30/h1-2,6-7,13-15,20H,3-5,8-12,25H2,(H,26,28,29)/t14-,15-/m0/s1. The molecule has 8 nitrogen and oxygen atoms in total. The van der Waals surface area contributed by atoms with Crippen LogP contribution in [0.3, 0.4) is 0 Å². The van der Waals surface area contributed by atoms with Gasteiger partial charge in [0.1, 0.15) is 11.6 Å². The summed E-state index contributed by atoms with van der Waals surface area (Å²) in [6, 6.07) is 9.17. The van der Waals surface area contributed by atoms with Gasteiger partial charge in [-0.2, -0.15) is 9.97 Å². The number of hydrogen-bond acceptors (Lipinski definition) is 7. The zero-order valence-electron chi connectivity index (χ0n) is 17.8. The molecule has 170 valence electrons. The van der Waals surface area contributed by atoms with Gasteiger partial charge in [-0.05, 0) is 37.8 Å². The van der Waals surface area contributed by atoms with Crippen LogP contribution in [0, 0.1) is 0 Å². The van der Waals surface area contributed by atoms with E-state index in [-0.39, 0.29) is 17.9 Å². The molecule has 3 aromatic rings. The largest absolute Gasteiger partial charge is 0.378 e. The number of nitrogens with zero attached hydrogens (tertiary/aromatic N) is 5. The molecule has 2 aliphatic rings. The van der Waals surface area contributed by atoms with E-state index >= 15 is 0 Å². The van der Waals surface area contributed by atoms with Gasteiger partial charge in [-0.15, -0.1) is 0 Å². The first-order valence-electron chi connectivity index (χ1n) is 11.1. The second-order valence-corrected chi connectivity index (χ2v) is 8.37. The second-order valence-electron chi connectivity index (χ2n) is 8.37. The lowest BCUT2D eigenvalue weighted by atomic mass is 9.92. The number of hydrogen-bond donors (Lipinski definition) is 2. The lowest BCUT2D eigenvalue weighted by Crippen LogP contribution is -2.38. The Kier molecular flexibility index (Phi) is 5.88. The number of anilines is 2. The molecular weight excluding hydrogens is 416 g/mol. The maximum atomic E-state index is 13.9. The lowest BCUT2D eigenvalue weighted by Gasteiger charge is -2.30. The van der Waals surface area contributed by atoms with Gasteiger partial charge in [-0.1, -0.05) is 12.1 Å². The zero-order valence-corrected chi connectivity index (χ0v) is 17.8. The van der Waals surface area contributed by atoms with E-state index < -0.39 is 6.43 Å². The van der Waals surface area contributed by atoms with Crippen LogP contribution in [0.2, 0.25) is 0 Å². The summed E-state index contributed by atoms with van der Waals surface area (Å²) in [5, 5.41) is 3.48. The molecule has 1 aliphatic heterocycles. The Balaban J connectivity index is 1.60. The smallest absolute Gasteiger partial charge is 0.296 e. The van der Waals surface area contributed by atoms with Crippen molar-refractivity contribution in [1.29, 1.82) is 0 Å². The number of ether oxygens (including phenoxy) is 1. The Hall–Kier alpha value is -2.85. The summed E-state index contributed by atoms with van der Waals surface area (Å²) in [5.41, 5.74) is 7.24. The highest BCUT2D eigenvalue weighted by molar-refractivity contribution is 5.78. The molecule has 0 unspecified atom stereocenters. The predicted octanol–water partition coefficient (Wildman–Crippen LogP) is 3.27. The van der Waals surface area contributed by atoms with Gasteiger partial charge in [0.2, 0.25) is 5.95 Å². The van der Waals surface area contributed by atoms with E-state index in [1.165, 1.54) is 4.57 Å². The minimum atomic E-state index is -2.74. The Morgan fingerprint density at radius 1 is 1.09 bits per heavy atom. The molecule has 2 atom stereocenters. The minimum absolute atomic E-state index is 0.157. The van der Waals surface area contributed by atoms with Gasteiger partial charge in [-0.25, -0.2) is 13.8 Å². The van der Waals surface area contributed by atoms with E-state index in [0.29, 0.717) is 54.9 Å². The number of rotatable bonds is 5. The number of imidazole rings is 1. The summed E-state index contributed by atoms with van der Waals surface area (Å²) in [7, 11) is 0. The van der Waals surface area contributed by atoms with Gasteiger partial charge in [0.05, 0.1) is 24.2 Å². The van der Waals surface area contributed by atoms with E-state index in [0.717, 1.165) is 25.7 Å². The molecule has 2 fully saturated rings. The number of benzene rings is 1. The van der Waals surface area contributed by atoms with Crippen molar-refractivity contribution in [3.05, 3.63) is 36.2 Å². The Morgan fingerprint density at radius 3 is 2.69 bits per heavy atom. The van der Waals surface area contributed by atoms with Crippen molar-refractivity contribution >= 4 is 22.8 Å². The van der Waals surface area contributed by atoms with Crippen LogP contribution < -0.4 is 16.0 Å². The number of nitrogens with one attached hydrogen (secondary N) is 1. The van der Waals surface area contributed by atoms with Crippen LogP contribution >= 0.6 is 0 Å². The van der Waals surface area contributed by atoms with Gasteiger partial charge in [-0.3, -0.25) is 4.57 Å². The molecule has 0 radical (unpaired) electrons. The van der Waals surface area contributed by atoms with Crippen LogP contribution in [-0.2, 0) is 4.74 Å².